The second kappa shape index (κ2) is 9.94. The van der Waals surface area contributed by atoms with Crippen LogP contribution in [0.4, 0.5) is 5.69 Å². The Labute approximate surface area is 166 Å². The molecule has 2 rings (SSSR count). The van der Waals surface area contributed by atoms with E-state index < -0.39 is 24.5 Å². The van der Waals surface area contributed by atoms with Crippen LogP contribution in [0.5, 0.6) is 0 Å². The molecule has 0 radical (unpaired) electrons. The number of benzene rings is 2. The molecule has 0 aliphatic heterocycles. The molecule has 2 aromatic rings. The monoisotopic (exact) mass is 408 g/mol. The van der Waals surface area contributed by atoms with E-state index in [2.05, 4.69) is 10.6 Å². The van der Waals surface area contributed by atoms with E-state index in [1.165, 1.54) is 6.92 Å². The summed E-state index contributed by atoms with van der Waals surface area (Å²) in [7, 11) is 0. The number of anilines is 1. The van der Waals surface area contributed by atoms with Crippen molar-refractivity contribution >= 4 is 46.7 Å². The third kappa shape index (κ3) is 6.58. The lowest BCUT2D eigenvalue weighted by Gasteiger charge is -2.17. The Morgan fingerprint density at radius 1 is 1.00 bits per heavy atom. The maximum absolute atomic E-state index is 12.1. The summed E-state index contributed by atoms with van der Waals surface area (Å²) in [5, 5.41) is 5.75. The maximum atomic E-state index is 12.1. The number of esters is 1. The van der Waals surface area contributed by atoms with E-state index >= 15 is 0 Å². The Bertz CT molecular complexity index is 807. The average molecular weight is 409 g/mol. The third-order valence-corrected chi connectivity index (χ3v) is 4.17. The van der Waals surface area contributed by atoms with Crippen LogP contribution in [0.15, 0.2) is 48.5 Å². The fourth-order valence-electron chi connectivity index (χ4n) is 2.35. The van der Waals surface area contributed by atoms with Crippen molar-refractivity contribution in [3.05, 3.63) is 64.1 Å². The van der Waals surface area contributed by atoms with Crippen LogP contribution in [0.25, 0.3) is 0 Å². The number of halogens is 2. The van der Waals surface area contributed by atoms with Gasteiger partial charge in [-0.3, -0.25) is 14.4 Å². The highest BCUT2D eigenvalue weighted by Crippen LogP contribution is 2.29. The first-order valence-electron chi connectivity index (χ1n) is 8.08. The van der Waals surface area contributed by atoms with Gasteiger partial charge >= 0.3 is 5.97 Å². The largest absolute Gasteiger partial charge is 0.455 e. The van der Waals surface area contributed by atoms with Crippen molar-refractivity contribution in [2.45, 2.75) is 19.4 Å². The fourth-order valence-corrected chi connectivity index (χ4v) is 2.84. The van der Waals surface area contributed by atoms with Gasteiger partial charge in [0.05, 0.1) is 28.2 Å². The van der Waals surface area contributed by atoms with Gasteiger partial charge < -0.3 is 15.4 Å². The molecule has 0 spiro atoms. The van der Waals surface area contributed by atoms with Crippen molar-refractivity contribution in [1.29, 1.82) is 0 Å². The quantitative estimate of drug-likeness (QED) is 0.683. The van der Waals surface area contributed by atoms with Crippen LogP contribution in [0.1, 0.15) is 24.9 Å². The summed E-state index contributed by atoms with van der Waals surface area (Å²) in [6.07, 6.45) is -0.107. The lowest BCUT2D eigenvalue weighted by atomic mass is 10.0. The lowest BCUT2D eigenvalue weighted by Crippen LogP contribution is -2.29. The molecule has 0 saturated heterocycles. The van der Waals surface area contributed by atoms with Gasteiger partial charge in [0, 0.05) is 6.92 Å². The minimum absolute atomic E-state index is 0.107. The standard InChI is InChI=1S/C19H18Cl2N2O4/c1-12(24)22-16(13-6-3-2-4-7-13)10-18(26)27-11-17(25)23-19-14(20)8-5-9-15(19)21/h2-9,16H,10-11H2,1H3,(H,22,24)(H,23,25)/t16-/m0/s1. The molecule has 1 atom stereocenters. The molecule has 0 fully saturated rings. The molecule has 0 saturated carbocycles. The minimum atomic E-state index is -0.627. The molecule has 2 N–H and O–H groups in total. The van der Waals surface area contributed by atoms with Crippen LogP contribution in [0.2, 0.25) is 10.0 Å². The zero-order chi connectivity index (χ0) is 19.8. The highest BCUT2D eigenvalue weighted by Gasteiger charge is 2.19. The summed E-state index contributed by atoms with van der Waals surface area (Å²) in [5.74, 6) is -1.48. The van der Waals surface area contributed by atoms with Gasteiger partial charge in [-0.1, -0.05) is 59.6 Å². The molecule has 0 aliphatic rings. The Kier molecular flexibility index (Phi) is 7.64. The van der Waals surface area contributed by atoms with E-state index in [4.69, 9.17) is 27.9 Å². The summed E-state index contributed by atoms with van der Waals surface area (Å²) in [4.78, 5) is 35.5. The number of nitrogens with one attached hydrogen (secondary N) is 2. The summed E-state index contributed by atoms with van der Waals surface area (Å²) >= 11 is 11.9. The normalized spacial score (nSPS) is 11.4. The highest BCUT2D eigenvalue weighted by molar-refractivity contribution is 6.39. The molecule has 0 aromatic heterocycles. The molecule has 0 unspecified atom stereocenters. The SMILES string of the molecule is CC(=O)N[C@@H](CC(=O)OCC(=O)Nc1c(Cl)cccc1Cl)c1ccccc1. The first kappa shape index (κ1) is 20.7. The van der Waals surface area contributed by atoms with Gasteiger partial charge in [0.1, 0.15) is 0 Å². The Morgan fingerprint density at radius 2 is 1.63 bits per heavy atom. The smallest absolute Gasteiger partial charge is 0.308 e. The number of hydrogen-bond donors (Lipinski definition) is 2. The zero-order valence-electron chi connectivity index (χ0n) is 14.5. The van der Waals surface area contributed by atoms with Crippen molar-refractivity contribution < 1.29 is 19.1 Å². The molecular formula is C19H18Cl2N2O4. The van der Waals surface area contributed by atoms with E-state index in [-0.39, 0.29) is 28.1 Å². The minimum Gasteiger partial charge on any atom is -0.455 e. The fraction of sp³-hybridized carbons (Fsp3) is 0.211. The first-order chi connectivity index (χ1) is 12.9. The van der Waals surface area contributed by atoms with Crippen molar-refractivity contribution in [2.75, 3.05) is 11.9 Å². The lowest BCUT2D eigenvalue weighted by molar-refractivity contribution is -0.148. The highest BCUT2D eigenvalue weighted by atomic mass is 35.5. The predicted molar refractivity (Wildman–Crippen MR) is 104 cm³/mol. The second-order valence-corrected chi connectivity index (χ2v) is 6.49. The molecule has 6 nitrogen and oxygen atoms in total. The van der Waals surface area contributed by atoms with Gasteiger partial charge in [0.25, 0.3) is 5.91 Å². The molecule has 2 amide bonds. The van der Waals surface area contributed by atoms with Crippen LogP contribution in [0.3, 0.4) is 0 Å². The van der Waals surface area contributed by atoms with E-state index in [1.54, 1.807) is 42.5 Å². The summed E-state index contributed by atoms with van der Waals surface area (Å²) in [6, 6.07) is 13.3. The topological polar surface area (TPSA) is 84.5 Å². The number of carbonyl (C=O) groups is 3. The van der Waals surface area contributed by atoms with Crippen molar-refractivity contribution in [3.63, 3.8) is 0 Å². The van der Waals surface area contributed by atoms with Gasteiger partial charge in [0.2, 0.25) is 5.91 Å². The number of rotatable bonds is 7. The molecule has 8 heteroatoms. The van der Waals surface area contributed by atoms with Crippen LogP contribution in [0, 0.1) is 0 Å². The molecule has 2 aromatic carbocycles. The van der Waals surface area contributed by atoms with Crippen LogP contribution in [-0.2, 0) is 19.1 Å². The number of carbonyl (C=O) groups excluding carboxylic acids is 3. The molecule has 142 valence electrons. The summed E-state index contributed by atoms with van der Waals surface area (Å²) in [6.45, 7) is 0.865. The van der Waals surface area contributed by atoms with Crippen LogP contribution < -0.4 is 10.6 Å². The van der Waals surface area contributed by atoms with E-state index in [9.17, 15) is 14.4 Å². The number of hydrogen-bond acceptors (Lipinski definition) is 4. The Balaban J connectivity index is 1.92. The van der Waals surface area contributed by atoms with Gasteiger partial charge in [-0.25, -0.2) is 0 Å². The van der Waals surface area contributed by atoms with Gasteiger partial charge in [-0.2, -0.15) is 0 Å². The van der Waals surface area contributed by atoms with Gasteiger partial charge in [-0.05, 0) is 17.7 Å². The maximum Gasteiger partial charge on any atom is 0.308 e. The van der Waals surface area contributed by atoms with Gasteiger partial charge in [-0.15, -0.1) is 0 Å². The van der Waals surface area contributed by atoms with Crippen molar-refractivity contribution in [2.24, 2.45) is 0 Å². The van der Waals surface area contributed by atoms with Gasteiger partial charge in [0.15, 0.2) is 6.61 Å². The summed E-state index contributed by atoms with van der Waals surface area (Å²) < 4.78 is 5.00. The molecule has 0 bridgehead atoms. The predicted octanol–water partition coefficient (Wildman–Crippen LogP) is 3.74. The molecule has 0 heterocycles. The zero-order valence-corrected chi connectivity index (χ0v) is 16.0. The van der Waals surface area contributed by atoms with E-state index in [1.807, 2.05) is 6.07 Å². The molecule has 27 heavy (non-hydrogen) atoms. The van der Waals surface area contributed by atoms with Crippen LogP contribution in [-0.4, -0.2) is 24.4 Å². The summed E-state index contributed by atoms with van der Waals surface area (Å²) in [5.41, 5.74) is 1.01. The van der Waals surface area contributed by atoms with Crippen LogP contribution >= 0.6 is 23.2 Å². The van der Waals surface area contributed by atoms with Crippen molar-refractivity contribution in [1.82, 2.24) is 5.32 Å². The van der Waals surface area contributed by atoms with E-state index in [0.29, 0.717) is 0 Å². The van der Waals surface area contributed by atoms with E-state index in [0.717, 1.165) is 5.56 Å². The number of ether oxygens (including phenoxy) is 1. The average Bonchev–Trinajstić information content (AvgIpc) is 2.63. The molecular weight excluding hydrogens is 391 g/mol. The second-order valence-electron chi connectivity index (χ2n) is 5.67. The first-order valence-corrected chi connectivity index (χ1v) is 8.84. The number of amides is 2. The Morgan fingerprint density at radius 3 is 2.22 bits per heavy atom. The Hall–Kier alpha value is -2.57. The van der Waals surface area contributed by atoms with Crippen molar-refractivity contribution in [3.8, 4) is 0 Å². The third-order valence-electron chi connectivity index (χ3n) is 3.54. The number of para-hydroxylation sites is 1. The molecule has 0 aliphatic carbocycles.